The molecule has 0 bridgehead atoms. The average molecular weight is 482 g/mol. The number of alkyl halides is 2. The van der Waals surface area contributed by atoms with Crippen LogP contribution >= 0.6 is 54.6 Å². The molecule has 2 saturated heterocycles. The largest absolute Gasteiger partial charge is 0.399 e. The summed E-state index contributed by atoms with van der Waals surface area (Å²) < 4.78 is 14.5. The lowest BCUT2D eigenvalue weighted by Crippen LogP contribution is -2.68. The second-order valence-electron chi connectivity index (χ2n) is 5.28. The molecule has 22 heavy (non-hydrogen) atoms. The summed E-state index contributed by atoms with van der Waals surface area (Å²) in [5, 5.41) is -0.236. The molecule has 0 saturated carbocycles. The van der Waals surface area contributed by atoms with Gasteiger partial charge in [0.05, 0.1) is 13.2 Å². The molecule has 0 aromatic heterocycles. The summed E-state index contributed by atoms with van der Waals surface area (Å²) in [4.78, 5) is 26.3. The molecule has 2 heterocycles. The van der Waals surface area contributed by atoms with E-state index in [1.807, 2.05) is 36.4 Å². The fraction of sp³-hybridized carbons (Fsp3) is 0.833. The van der Waals surface area contributed by atoms with Gasteiger partial charge in [0, 0.05) is 4.75 Å². The van der Waals surface area contributed by atoms with Crippen molar-refractivity contribution in [3.05, 3.63) is 0 Å². The number of thioether (sulfide) groups is 1. The summed E-state index contributed by atoms with van der Waals surface area (Å²) in [6.45, 7) is 8.16. The number of β-lactam (4-membered cyclic amide) rings is 1. The summed E-state index contributed by atoms with van der Waals surface area (Å²) in [6.07, 6.45) is 0. The Bertz CT molecular complexity index is 474. The standard InChI is InChI=1S/C12H18ClINO5PS/c1-5-18-21(19-6-2)20-8(16)7-11(3,4)22-10-12(13,14)9(17)15(7)10/h7,10H,5-6H2,1-4H3/t7-,10+,12?/m0/s1. The highest BCUT2D eigenvalue weighted by Gasteiger charge is 2.70. The number of fused-ring (bicyclic) bond motifs is 1. The minimum Gasteiger partial charge on any atom is -0.393 e. The number of rotatable bonds is 6. The van der Waals surface area contributed by atoms with E-state index in [0.29, 0.717) is 13.2 Å². The Morgan fingerprint density at radius 3 is 2.45 bits per heavy atom. The number of nitrogens with zero attached hydrogens (tertiary/aromatic N) is 1. The molecule has 126 valence electrons. The van der Waals surface area contributed by atoms with E-state index in [1.54, 1.807) is 13.8 Å². The quantitative estimate of drug-likeness (QED) is 0.251. The lowest BCUT2D eigenvalue weighted by Gasteiger charge is -2.46. The number of hydrogen-bond donors (Lipinski definition) is 0. The monoisotopic (exact) mass is 481 g/mol. The smallest absolute Gasteiger partial charge is 0.393 e. The van der Waals surface area contributed by atoms with Gasteiger partial charge < -0.3 is 18.5 Å². The normalized spacial score (nSPS) is 32.9. The van der Waals surface area contributed by atoms with Crippen LogP contribution in [0, 0.1) is 0 Å². The van der Waals surface area contributed by atoms with Gasteiger partial charge in [-0.3, -0.25) is 4.79 Å². The van der Waals surface area contributed by atoms with Crippen molar-refractivity contribution in [1.82, 2.24) is 4.90 Å². The molecule has 2 rings (SSSR count). The van der Waals surface area contributed by atoms with Crippen LogP contribution in [0.1, 0.15) is 27.7 Å². The molecule has 0 N–H and O–H groups in total. The number of halogens is 2. The van der Waals surface area contributed by atoms with Crippen molar-refractivity contribution in [2.45, 2.75) is 46.7 Å². The van der Waals surface area contributed by atoms with Crippen molar-refractivity contribution in [3.63, 3.8) is 0 Å². The molecular weight excluding hydrogens is 464 g/mol. The van der Waals surface area contributed by atoms with Crippen molar-refractivity contribution in [1.29, 1.82) is 0 Å². The molecule has 2 fully saturated rings. The van der Waals surface area contributed by atoms with Crippen LogP contribution in [0.15, 0.2) is 0 Å². The van der Waals surface area contributed by atoms with Gasteiger partial charge in [-0.05, 0) is 50.3 Å². The third-order valence-corrected chi connectivity index (χ3v) is 8.16. The zero-order chi connectivity index (χ0) is 16.7. The SMILES string of the molecule is CCOP(OCC)OC(=O)[C@@H]1N2C(=O)C(Cl)(I)[C@H]2SC1(C)C. The van der Waals surface area contributed by atoms with Crippen molar-refractivity contribution in [2.24, 2.45) is 0 Å². The van der Waals surface area contributed by atoms with Gasteiger partial charge in [-0.2, -0.15) is 0 Å². The highest BCUT2D eigenvalue weighted by molar-refractivity contribution is 14.1. The predicted molar refractivity (Wildman–Crippen MR) is 95.0 cm³/mol. The van der Waals surface area contributed by atoms with E-state index in [4.69, 9.17) is 25.2 Å². The van der Waals surface area contributed by atoms with Gasteiger partial charge in [0.15, 0.2) is 0 Å². The molecule has 6 nitrogen and oxygen atoms in total. The Morgan fingerprint density at radius 1 is 1.41 bits per heavy atom. The Morgan fingerprint density at radius 2 is 1.95 bits per heavy atom. The second-order valence-corrected chi connectivity index (χ2v) is 11.1. The lowest BCUT2D eigenvalue weighted by atomic mass is 9.98. The minimum atomic E-state index is -1.74. The van der Waals surface area contributed by atoms with Gasteiger partial charge in [0.1, 0.15) is 11.4 Å². The first-order chi connectivity index (χ1) is 10.2. The van der Waals surface area contributed by atoms with Gasteiger partial charge in [-0.15, -0.1) is 11.8 Å². The van der Waals surface area contributed by atoms with E-state index < -0.39 is 28.2 Å². The zero-order valence-corrected chi connectivity index (χ0v) is 17.3. The molecule has 2 aliphatic heterocycles. The van der Waals surface area contributed by atoms with Gasteiger partial charge in [-0.25, -0.2) is 4.79 Å². The molecule has 1 amide bonds. The van der Waals surface area contributed by atoms with Crippen LogP contribution in [-0.4, -0.2) is 49.0 Å². The van der Waals surface area contributed by atoms with Gasteiger partial charge in [0.25, 0.3) is 5.91 Å². The van der Waals surface area contributed by atoms with Crippen LogP contribution < -0.4 is 0 Å². The summed E-state index contributed by atoms with van der Waals surface area (Å²) in [5.74, 6) is -0.762. The van der Waals surface area contributed by atoms with Gasteiger partial charge in [0.2, 0.25) is 2.88 Å². The van der Waals surface area contributed by atoms with Crippen molar-refractivity contribution in [3.8, 4) is 0 Å². The summed E-state index contributed by atoms with van der Waals surface area (Å²) in [6, 6.07) is -0.692. The summed E-state index contributed by atoms with van der Waals surface area (Å²) in [5.41, 5.74) is 0. The maximum absolute atomic E-state index is 12.5. The molecular formula is C12H18ClINO5PS. The first kappa shape index (κ1) is 19.0. The summed E-state index contributed by atoms with van der Waals surface area (Å²) >= 11 is 9.67. The fourth-order valence-electron chi connectivity index (χ4n) is 2.38. The van der Waals surface area contributed by atoms with Crippen molar-refractivity contribution in [2.75, 3.05) is 13.2 Å². The minimum absolute atomic E-state index is 0.236. The van der Waals surface area contributed by atoms with E-state index in [0.717, 1.165) is 0 Å². The molecule has 1 unspecified atom stereocenters. The number of carbonyl (C=O) groups excluding carboxylic acids is 2. The number of hydrogen-bond acceptors (Lipinski definition) is 6. The maximum Gasteiger partial charge on any atom is 0.399 e. The molecule has 0 spiro atoms. The Labute approximate surface area is 154 Å². The molecule has 10 heteroatoms. The topological polar surface area (TPSA) is 65.1 Å². The average Bonchev–Trinajstić information content (AvgIpc) is 2.69. The fourth-order valence-corrected chi connectivity index (χ4v) is 6.02. The van der Waals surface area contributed by atoms with Gasteiger partial charge in [-0.1, -0.05) is 11.6 Å². The Balaban J connectivity index is 2.13. The Kier molecular flexibility index (Phi) is 5.94. The third kappa shape index (κ3) is 3.24. The van der Waals surface area contributed by atoms with Crippen LogP contribution in [0.5, 0.6) is 0 Å². The van der Waals surface area contributed by atoms with Crippen LogP contribution in [0.4, 0.5) is 0 Å². The highest BCUT2D eigenvalue weighted by Crippen LogP contribution is 2.60. The van der Waals surface area contributed by atoms with Crippen molar-refractivity contribution < 1.29 is 23.2 Å². The van der Waals surface area contributed by atoms with Crippen LogP contribution in [0.25, 0.3) is 0 Å². The van der Waals surface area contributed by atoms with Gasteiger partial charge >= 0.3 is 14.6 Å². The van der Waals surface area contributed by atoms with E-state index in [9.17, 15) is 9.59 Å². The summed E-state index contributed by atoms with van der Waals surface area (Å²) in [7, 11) is -1.74. The van der Waals surface area contributed by atoms with Crippen LogP contribution in [0.2, 0.25) is 0 Å². The lowest BCUT2D eigenvalue weighted by molar-refractivity contribution is -0.156. The van der Waals surface area contributed by atoms with E-state index in [1.165, 1.54) is 16.7 Å². The second kappa shape index (κ2) is 6.88. The zero-order valence-electron chi connectivity index (χ0n) is 12.7. The van der Waals surface area contributed by atoms with E-state index >= 15 is 0 Å². The molecule has 0 aromatic carbocycles. The maximum atomic E-state index is 12.5. The van der Waals surface area contributed by atoms with Crippen LogP contribution in [-0.2, 0) is 23.2 Å². The predicted octanol–water partition coefficient (Wildman–Crippen LogP) is 3.26. The molecule has 0 aromatic rings. The third-order valence-electron chi connectivity index (χ3n) is 3.29. The van der Waals surface area contributed by atoms with E-state index in [-0.39, 0.29) is 11.3 Å². The van der Waals surface area contributed by atoms with E-state index in [2.05, 4.69) is 0 Å². The van der Waals surface area contributed by atoms with Crippen molar-refractivity contribution >= 4 is 66.4 Å². The van der Waals surface area contributed by atoms with Crippen LogP contribution in [0.3, 0.4) is 0 Å². The molecule has 0 aliphatic carbocycles. The molecule has 3 atom stereocenters. The molecule has 2 aliphatic rings. The molecule has 0 radical (unpaired) electrons. The Hall–Kier alpha value is 0.660. The number of carbonyl (C=O) groups is 2. The number of amides is 1. The first-order valence-electron chi connectivity index (χ1n) is 6.83. The first-order valence-corrected chi connectivity index (χ1v) is 10.3. The highest BCUT2D eigenvalue weighted by atomic mass is 127.